The smallest absolute Gasteiger partial charge is 0.356 e. The number of hydrogen-bond donors (Lipinski definition) is 3. The number of aromatic amines is 1. The minimum atomic E-state index is -4.58. The zero-order chi connectivity index (χ0) is 18.6. The summed E-state index contributed by atoms with van der Waals surface area (Å²) in [6, 6.07) is 9.59. The van der Waals surface area contributed by atoms with Gasteiger partial charge in [-0.2, -0.15) is 13.2 Å². The van der Waals surface area contributed by atoms with Crippen LogP contribution in [-0.2, 0) is 6.18 Å². The number of benzene rings is 1. The Kier molecular flexibility index (Phi) is 5.06. The Labute approximate surface area is 146 Å². The molecule has 6 nitrogen and oxygen atoms in total. The van der Waals surface area contributed by atoms with E-state index in [2.05, 4.69) is 25.6 Å². The van der Waals surface area contributed by atoms with Crippen molar-refractivity contribution in [3.8, 4) is 0 Å². The van der Waals surface area contributed by atoms with E-state index in [0.29, 0.717) is 25.5 Å². The number of halogens is 3. The first-order valence-electron chi connectivity index (χ1n) is 7.93. The van der Waals surface area contributed by atoms with Crippen molar-refractivity contribution in [2.75, 3.05) is 18.4 Å². The number of nitrogens with one attached hydrogen (secondary N) is 3. The molecule has 1 aromatic carbocycles. The maximum absolute atomic E-state index is 12.6. The molecular formula is C17H16F3N5O. The van der Waals surface area contributed by atoms with Crippen molar-refractivity contribution >= 4 is 22.9 Å². The van der Waals surface area contributed by atoms with Gasteiger partial charge in [0.2, 0.25) is 5.95 Å². The van der Waals surface area contributed by atoms with Crippen molar-refractivity contribution in [2.24, 2.45) is 0 Å². The van der Waals surface area contributed by atoms with E-state index in [1.165, 1.54) is 6.07 Å². The summed E-state index contributed by atoms with van der Waals surface area (Å²) in [6.45, 7) is 0.861. The van der Waals surface area contributed by atoms with Gasteiger partial charge in [0, 0.05) is 24.8 Å². The van der Waals surface area contributed by atoms with Crippen LogP contribution in [0.15, 0.2) is 42.6 Å². The number of imidazole rings is 1. The second kappa shape index (κ2) is 7.42. The van der Waals surface area contributed by atoms with Gasteiger partial charge in [-0.25, -0.2) is 4.98 Å². The first kappa shape index (κ1) is 17.7. The molecule has 3 aromatic rings. The summed E-state index contributed by atoms with van der Waals surface area (Å²) in [5, 5.41) is 5.69. The van der Waals surface area contributed by atoms with E-state index >= 15 is 0 Å². The molecule has 0 saturated carbocycles. The lowest BCUT2D eigenvalue weighted by Gasteiger charge is -2.08. The summed E-state index contributed by atoms with van der Waals surface area (Å²) in [5.74, 6) is 0.0584. The van der Waals surface area contributed by atoms with Gasteiger partial charge in [0.25, 0.3) is 5.91 Å². The molecule has 2 aromatic heterocycles. The molecule has 0 saturated heterocycles. The second-order valence-electron chi connectivity index (χ2n) is 5.57. The van der Waals surface area contributed by atoms with Crippen LogP contribution in [0, 0.1) is 0 Å². The molecule has 0 bridgehead atoms. The predicted molar refractivity (Wildman–Crippen MR) is 90.8 cm³/mol. The van der Waals surface area contributed by atoms with Gasteiger partial charge in [0.15, 0.2) is 0 Å². The number of carbonyl (C=O) groups is 1. The van der Waals surface area contributed by atoms with Crippen LogP contribution >= 0.6 is 0 Å². The Hall–Kier alpha value is -3.10. The molecule has 0 unspecified atom stereocenters. The summed E-state index contributed by atoms with van der Waals surface area (Å²) < 4.78 is 37.8. The van der Waals surface area contributed by atoms with Crippen LogP contribution in [0.3, 0.4) is 0 Å². The third-order valence-electron chi connectivity index (χ3n) is 3.63. The van der Waals surface area contributed by atoms with Gasteiger partial charge in [-0.1, -0.05) is 12.1 Å². The van der Waals surface area contributed by atoms with E-state index in [0.717, 1.165) is 23.3 Å². The Balaban J connectivity index is 1.45. The van der Waals surface area contributed by atoms with Crippen molar-refractivity contribution < 1.29 is 18.0 Å². The highest BCUT2D eigenvalue weighted by Gasteiger charge is 2.32. The number of nitrogens with zero attached hydrogens (tertiary/aromatic N) is 2. The third kappa shape index (κ3) is 4.29. The number of alkyl halides is 3. The van der Waals surface area contributed by atoms with Gasteiger partial charge in [-0.15, -0.1) is 0 Å². The number of fused-ring (bicyclic) bond motifs is 1. The van der Waals surface area contributed by atoms with Crippen molar-refractivity contribution in [3.63, 3.8) is 0 Å². The van der Waals surface area contributed by atoms with Crippen LogP contribution in [0.1, 0.15) is 22.5 Å². The van der Waals surface area contributed by atoms with Crippen LogP contribution in [0.25, 0.3) is 11.0 Å². The van der Waals surface area contributed by atoms with E-state index in [1.54, 1.807) is 0 Å². The van der Waals surface area contributed by atoms with E-state index < -0.39 is 17.8 Å². The SMILES string of the molecule is O=C(NCCCNc1nc2ccccc2[nH]1)c1ccnc(C(F)(F)F)c1. The lowest BCUT2D eigenvalue weighted by atomic mass is 10.2. The number of anilines is 1. The molecule has 0 aliphatic heterocycles. The lowest BCUT2D eigenvalue weighted by Crippen LogP contribution is -2.26. The molecule has 0 spiro atoms. The van der Waals surface area contributed by atoms with Crippen molar-refractivity contribution in [3.05, 3.63) is 53.9 Å². The van der Waals surface area contributed by atoms with Crippen LogP contribution in [0.4, 0.5) is 19.1 Å². The zero-order valence-corrected chi connectivity index (χ0v) is 13.6. The normalized spacial score (nSPS) is 11.5. The molecule has 0 atom stereocenters. The first-order valence-corrected chi connectivity index (χ1v) is 7.93. The monoisotopic (exact) mass is 363 g/mol. The van der Waals surface area contributed by atoms with E-state index in [4.69, 9.17) is 0 Å². The predicted octanol–water partition coefficient (Wildman–Crippen LogP) is 3.21. The molecule has 26 heavy (non-hydrogen) atoms. The maximum Gasteiger partial charge on any atom is 0.433 e. The lowest BCUT2D eigenvalue weighted by molar-refractivity contribution is -0.141. The van der Waals surface area contributed by atoms with Gasteiger partial charge >= 0.3 is 6.18 Å². The Morgan fingerprint density at radius 1 is 1.15 bits per heavy atom. The zero-order valence-electron chi connectivity index (χ0n) is 13.6. The average molecular weight is 363 g/mol. The van der Waals surface area contributed by atoms with Crippen LogP contribution in [0.2, 0.25) is 0 Å². The highest BCUT2D eigenvalue weighted by molar-refractivity contribution is 5.94. The van der Waals surface area contributed by atoms with Crippen LogP contribution < -0.4 is 10.6 Å². The van der Waals surface area contributed by atoms with Crippen molar-refractivity contribution in [1.29, 1.82) is 0 Å². The number of pyridine rings is 1. The number of para-hydroxylation sites is 2. The van der Waals surface area contributed by atoms with Crippen LogP contribution in [0.5, 0.6) is 0 Å². The highest BCUT2D eigenvalue weighted by atomic mass is 19.4. The van der Waals surface area contributed by atoms with Gasteiger partial charge in [-0.05, 0) is 30.7 Å². The maximum atomic E-state index is 12.6. The topological polar surface area (TPSA) is 82.7 Å². The summed E-state index contributed by atoms with van der Waals surface area (Å²) in [7, 11) is 0. The molecule has 1 amide bonds. The Morgan fingerprint density at radius 2 is 1.96 bits per heavy atom. The quantitative estimate of drug-likeness (QED) is 0.588. The van der Waals surface area contributed by atoms with Gasteiger partial charge in [-0.3, -0.25) is 9.78 Å². The van der Waals surface area contributed by atoms with Gasteiger partial charge < -0.3 is 15.6 Å². The Morgan fingerprint density at radius 3 is 2.73 bits per heavy atom. The molecule has 0 radical (unpaired) electrons. The fourth-order valence-electron chi connectivity index (χ4n) is 2.36. The molecule has 9 heteroatoms. The minimum absolute atomic E-state index is 0.0717. The van der Waals surface area contributed by atoms with E-state index in [1.807, 2.05) is 24.3 Å². The largest absolute Gasteiger partial charge is 0.433 e. The number of rotatable bonds is 6. The summed E-state index contributed by atoms with van der Waals surface area (Å²) in [5.41, 5.74) is 0.609. The molecular weight excluding hydrogens is 347 g/mol. The minimum Gasteiger partial charge on any atom is -0.356 e. The molecule has 3 N–H and O–H groups in total. The molecule has 2 heterocycles. The first-order chi connectivity index (χ1) is 12.4. The standard InChI is InChI=1S/C17H16F3N5O/c18-17(19,20)14-10-11(6-9-21-14)15(26)22-7-3-8-23-16-24-12-4-1-2-5-13(12)25-16/h1-2,4-6,9-10H,3,7-8H2,(H,22,26)(H2,23,24,25). The molecule has 3 rings (SSSR count). The summed E-state index contributed by atoms with van der Waals surface area (Å²) >= 11 is 0. The summed E-state index contributed by atoms with van der Waals surface area (Å²) in [4.78, 5) is 22.6. The number of aromatic nitrogens is 3. The van der Waals surface area contributed by atoms with Crippen molar-refractivity contribution in [1.82, 2.24) is 20.3 Å². The number of hydrogen-bond acceptors (Lipinski definition) is 4. The van der Waals surface area contributed by atoms with Gasteiger partial charge in [0.1, 0.15) is 5.69 Å². The molecule has 0 aliphatic rings. The van der Waals surface area contributed by atoms with Crippen LogP contribution in [-0.4, -0.2) is 33.9 Å². The Bertz CT molecular complexity index is 874. The average Bonchev–Trinajstić information content (AvgIpc) is 3.03. The second-order valence-corrected chi connectivity index (χ2v) is 5.57. The summed E-state index contributed by atoms with van der Waals surface area (Å²) in [6.07, 6.45) is -3.02. The fourth-order valence-corrected chi connectivity index (χ4v) is 2.36. The van der Waals surface area contributed by atoms with E-state index in [-0.39, 0.29) is 5.56 Å². The van der Waals surface area contributed by atoms with E-state index in [9.17, 15) is 18.0 Å². The van der Waals surface area contributed by atoms with Gasteiger partial charge in [0.05, 0.1) is 11.0 Å². The molecule has 136 valence electrons. The number of H-pyrrole nitrogens is 1. The highest BCUT2D eigenvalue weighted by Crippen LogP contribution is 2.27. The molecule has 0 fully saturated rings. The molecule has 0 aliphatic carbocycles. The number of amides is 1. The number of carbonyl (C=O) groups excluding carboxylic acids is 1. The third-order valence-corrected chi connectivity index (χ3v) is 3.63. The fraction of sp³-hybridized carbons (Fsp3) is 0.235. The van der Waals surface area contributed by atoms with Crippen molar-refractivity contribution in [2.45, 2.75) is 12.6 Å².